The van der Waals surface area contributed by atoms with Crippen molar-refractivity contribution in [3.63, 3.8) is 0 Å². The predicted octanol–water partition coefficient (Wildman–Crippen LogP) is -0.589. The van der Waals surface area contributed by atoms with Gasteiger partial charge in [0.1, 0.15) is 10.6 Å². The van der Waals surface area contributed by atoms with E-state index in [0.29, 0.717) is 23.7 Å². The van der Waals surface area contributed by atoms with Gasteiger partial charge in [-0.15, -0.1) is 0 Å². The molecule has 18 heavy (non-hydrogen) atoms. The number of carbonyl (C=O) groups is 2. The summed E-state index contributed by atoms with van der Waals surface area (Å²) >= 11 is 1.15. The second-order valence-corrected chi connectivity index (χ2v) is 4.70. The predicted molar refractivity (Wildman–Crippen MR) is 69.8 cm³/mol. The highest BCUT2D eigenvalue weighted by Crippen LogP contribution is 2.30. The minimum Gasteiger partial charge on any atom is -0.382 e. The quantitative estimate of drug-likeness (QED) is 0.666. The Balaban J connectivity index is 2.32. The number of nitrogens with one attached hydrogen (secondary N) is 2. The lowest BCUT2D eigenvalue weighted by atomic mass is 10.2. The Morgan fingerprint density at radius 2 is 2.39 bits per heavy atom. The third kappa shape index (κ3) is 2.37. The zero-order chi connectivity index (χ0) is 13.1. The van der Waals surface area contributed by atoms with Crippen LogP contribution in [0.2, 0.25) is 0 Å². The van der Waals surface area contributed by atoms with Crippen molar-refractivity contribution in [2.75, 3.05) is 37.3 Å². The fraction of sp³-hybridized carbons (Fsp3) is 0.500. The molecule has 1 aromatic rings. The number of amides is 2. The molecule has 0 unspecified atom stereocenters. The van der Waals surface area contributed by atoms with Gasteiger partial charge in [-0.2, -0.15) is 4.37 Å². The normalized spacial score (nSPS) is 16.1. The van der Waals surface area contributed by atoms with Crippen LogP contribution >= 0.6 is 11.5 Å². The third-order valence-corrected chi connectivity index (χ3v) is 3.63. The van der Waals surface area contributed by atoms with Crippen molar-refractivity contribution in [3.05, 3.63) is 5.56 Å². The molecule has 7 nitrogen and oxygen atoms in total. The lowest BCUT2D eigenvalue weighted by Gasteiger charge is -2.19. The molecule has 1 aromatic heterocycles. The van der Waals surface area contributed by atoms with E-state index in [-0.39, 0.29) is 24.2 Å². The molecule has 0 radical (unpaired) electrons. The number of carbonyl (C=O) groups excluding carboxylic acids is 2. The Bertz CT molecular complexity index is 473. The SMILES string of the molecule is CNC(=O)c1c(N)nsc1N1CCCNC(=O)C1. The number of hydrogen-bond acceptors (Lipinski definition) is 6. The highest BCUT2D eigenvalue weighted by atomic mass is 32.1. The molecule has 8 heteroatoms. The Morgan fingerprint density at radius 1 is 1.61 bits per heavy atom. The van der Waals surface area contributed by atoms with Crippen molar-refractivity contribution in [2.24, 2.45) is 0 Å². The zero-order valence-corrected chi connectivity index (χ0v) is 10.8. The van der Waals surface area contributed by atoms with Crippen LogP contribution in [-0.2, 0) is 4.79 Å². The highest BCUT2D eigenvalue weighted by Gasteiger charge is 2.25. The summed E-state index contributed by atoms with van der Waals surface area (Å²) in [6, 6.07) is 0. The van der Waals surface area contributed by atoms with E-state index in [4.69, 9.17) is 5.73 Å². The number of nitrogens with zero attached hydrogens (tertiary/aromatic N) is 2. The number of nitrogen functional groups attached to an aromatic ring is 1. The molecule has 1 saturated heterocycles. The number of hydrogen-bond donors (Lipinski definition) is 3. The van der Waals surface area contributed by atoms with Crippen LogP contribution in [0.3, 0.4) is 0 Å². The largest absolute Gasteiger partial charge is 0.382 e. The van der Waals surface area contributed by atoms with Gasteiger partial charge in [-0.05, 0) is 18.0 Å². The van der Waals surface area contributed by atoms with Crippen LogP contribution in [0.4, 0.5) is 10.8 Å². The van der Waals surface area contributed by atoms with E-state index in [1.165, 1.54) is 0 Å². The maximum absolute atomic E-state index is 11.8. The van der Waals surface area contributed by atoms with Gasteiger partial charge in [0.05, 0.1) is 6.54 Å². The van der Waals surface area contributed by atoms with E-state index < -0.39 is 0 Å². The molecule has 1 aliphatic rings. The molecule has 98 valence electrons. The van der Waals surface area contributed by atoms with Gasteiger partial charge in [0.15, 0.2) is 5.82 Å². The standard InChI is InChI=1S/C10H15N5O2S/c1-12-9(17)7-8(11)14-18-10(7)15-4-2-3-13-6(16)5-15/h2-5H2,1H3,(H2,11,14)(H,12,17)(H,13,16). The molecule has 1 aliphatic heterocycles. The minimum atomic E-state index is -0.277. The summed E-state index contributed by atoms with van der Waals surface area (Å²) in [5, 5.41) is 5.98. The van der Waals surface area contributed by atoms with E-state index in [1.807, 2.05) is 4.90 Å². The van der Waals surface area contributed by atoms with E-state index in [0.717, 1.165) is 18.0 Å². The van der Waals surface area contributed by atoms with E-state index in [9.17, 15) is 9.59 Å². The Kier molecular flexibility index (Phi) is 3.66. The van der Waals surface area contributed by atoms with Crippen molar-refractivity contribution in [1.82, 2.24) is 15.0 Å². The second kappa shape index (κ2) is 5.21. The van der Waals surface area contributed by atoms with E-state index in [2.05, 4.69) is 15.0 Å². The molecule has 1 fully saturated rings. The van der Waals surface area contributed by atoms with Gasteiger partial charge in [0, 0.05) is 20.1 Å². The summed E-state index contributed by atoms with van der Waals surface area (Å²) in [7, 11) is 1.54. The van der Waals surface area contributed by atoms with Gasteiger partial charge in [0.2, 0.25) is 5.91 Å². The molecule has 2 heterocycles. The molecule has 0 bridgehead atoms. The summed E-state index contributed by atoms with van der Waals surface area (Å²) in [6.07, 6.45) is 0.830. The van der Waals surface area contributed by atoms with Crippen molar-refractivity contribution < 1.29 is 9.59 Å². The third-order valence-electron chi connectivity index (χ3n) is 2.70. The first-order valence-electron chi connectivity index (χ1n) is 5.62. The summed E-state index contributed by atoms with van der Waals surface area (Å²) in [5.41, 5.74) is 6.07. The lowest BCUT2D eigenvalue weighted by Crippen LogP contribution is -2.34. The van der Waals surface area contributed by atoms with Crippen LogP contribution in [0.5, 0.6) is 0 Å². The Morgan fingerprint density at radius 3 is 3.11 bits per heavy atom. The zero-order valence-electron chi connectivity index (χ0n) is 10.0. The van der Waals surface area contributed by atoms with Crippen LogP contribution in [-0.4, -0.2) is 42.9 Å². The van der Waals surface area contributed by atoms with Crippen molar-refractivity contribution in [1.29, 1.82) is 0 Å². The first kappa shape index (κ1) is 12.6. The van der Waals surface area contributed by atoms with Gasteiger partial charge in [0.25, 0.3) is 5.91 Å². The van der Waals surface area contributed by atoms with Crippen LogP contribution in [0.25, 0.3) is 0 Å². The lowest BCUT2D eigenvalue weighted by molar-refractivity contribution is -0.119. The van der Waals surface area contributed by atoms with E-state index in [1.54, 1.807) is 7.05 Å². The fourth-order valence-electron chi connectivity index (χ4n) is 1.83. The molecule has 0 aromatic carbocycles. The summed E-state index contributed by atoms with van der Waals surface area (Å²) < 4.78 is 4.00. The van der Waals surface area contributed by atoms with Crippen molar-refractivity contribution >= 4 is 34.2 Å². The topological polar surface area (TPSA) is 100 Å². The van der Waals surface area contributed by atoms with Gasteiger partial charge < -0.3 is 21.3 Å². The minimum absolute atomic E-state index is 0.0534. The molecule has 0 saturated carbocycles. The molecule has 0 aliphatic carbocycles. The van der Waals surface area contributed by atoms with Crippen LogP contribution < -0.4 is 21.3 Å². The monoisotopic (exact) mass is 269 g/mol. The van der Waals surface area contributed by atoms with E-state index >= 15 is 0 Å². The van der Waals surface area contributed by atoms with Gasteiger partial charge in [-0.1, -0.05) is 0 Å². The van der Waals surface area contributed by atoms with Gasteiger partial charge >= 0.3 is 0 Å². The maximum Gasteiger partial charge on any atom is 0.257 e. The Hall–Kier alpha value is -1.83. The molecule has 0 atom stereocenters. The summed E-state index contributed by atoms with van der Waals surface area (Å²) in [6.45, 7) is 1.58. The highest BCUT2D eigenvalue weighted by molar-refractivity contribution is 7.11. The molecular formula is C10H15N5O2S. The van der Waals surface area contributed by atoms with Crippen molar-refractivity contribution in [3.8, 4) is 0 Å². The van der Waals surface area contributed by atoms with Gasteiger partial charge in [-0.25, -0.2) is 0 Å². The van der Waals surface area contributed by atoms with Crippen LogP contribution in [0, 0.1) is 0 Å². The first-order valence-corrected chi connectivity index (χ1v) is 6.39. The van der Waals surface area contributed by atoms with Crippen LogP contribution in [0.15, 0.2) is 0 Å². The fourth-order valence-corrected chi connectivity index (χ4v) is 2.66. The number of rotatable bonds is 2. The average Bonchev–Trinajstić information content (AvgIpc) is 2.60. The first-order chi connectivity index (χ1) is 8.63. The second-order valence-electron chi connectivity index (χ2n) is 3.95. The molecule has 0 spiro atoms. The van der Waals surface area contributed by atoms with Crippen LogP contribution in [0.1, 0.15) is 16.8 Å². The maximum atomic E-state index is 11.8. The average molecular weight is 269 g/mol. The van der Waals surface area contributed by atoms with Gasteiger partial charge in [-0.3, -0.25) is 9.59 Å². The molecule has 4 N–H and O–H groups in total. The summed E-state index contributed by atoms with van der Waals surface area (Å²) in [4.78, 5) is 25.1. The smallest absolute Gasteiger partial charge is 0.257 e. The number of aromatic nitrogens is 1. The molecule has 2 amide bonds. The number of nitrogens with two attached hydrogens (primary N) is 1. The Labute approximate surface area is 109 Å². The number of anilines is 2. The molecule has 2 rings (SSSR count). The molecular weight excluding hydrogens is 254 g/mol. The summed E-state index contributed by atoms with van der Waals surface area (Å²) in [5.74, 6) is -0.123. The van der Waals surface area contributed by atoms with Crippen molar-refractivity contribution in [2.45, 2.75) is 6.42 Å².